The lowest BCUT2D eigenvalue weighted by Crippen LogP contribution is -2.35. The normalized spacial score (nSPS) is 12.8. The van der Waals surface area contributed by atoms with Crippen molar-refractivity contribution in [2.24, 2.45) is 0 Å². The Morgan fingerprint density at radius 1 is 1.04 bits per heavy atom. The molecule has 138 valence electrons. The summed E-state index contributed by atoms with van der Waals surface area (Å²) < 4.78 is 0. The number of nitrogens with one attached hydrogen (secondary N) is 1. The van der Waals surface area contributed by atoms with E-state index in [0.29, 0.717) is 13.0 Å². The summed E-state index contributed by atoms with van der Waals surface area (Å²) in [7, 11) is 0. The third-order valence-electron chi connectivity index (χ3n) is 4.31. The minimum Gasteiger partial charge on any atom is -0.356 e. The van der Waals surface area contributed by atoms with Crippen LogP contribution in [0.3, 0.4) is 0 Å². The number of carbonyl (C=O) groups excluding carboxylic acids is 3. The minimum atomic E-state index is -0.737. The zero-order chi connectivity index (χ0) is 19.4. The van der Waals surface area contributed by atoms with Gasteiger partial charge in [-0.15, -0.1) is 0 Å². The van der Waals surface area contributed by atoms with Crippen molar-refractivity contribution < 1.29 is 19.3 Å². The third kappa shape index (κ3) is 3.84. The molecule has 0 unspecified atom stereocenters. The molecule has 0 aromatic heterocycles. The number of imide groups is 1. The number of hydrogen-bond acceptors (Lipinski definition) is 5. The van der Waals surface area contributed by atoms with Gasteiger partial charge in [-0.05, 0) is 18.1 Å². The van der Waals surface area contributed by atoms with Gasteiger partial charge in [-0.1, -0.05) is 36.4 Å². The maximum absolute atomic E-state index is 12.4. The van der Waals surface area contributed by atoms with E-state index < -0.39 is 22.4 Å². The Kier molecular flexibility index (Phi) is 5.25. The van der Waals surface area contributed by atoms with Gasteiger partial charge in [0.2, 0.25) is 5.91 Å². The van der Waals surface area contributed by atoms with E-state index in [0.717, 1.165) is 10.5 Å². The molecule has 8 nitrogen and oxygen atoms in total. The fourth-order valence-corrected chi connectivity index (χ4v) is 2.96. The number of benzene rings is 2. The van der Waals surface area contributed by atoms with Gasteiger partial charge in [0.05, 0.1) is 10.5 Å². The van der Waals surface area contributed by atoms with Crippen molar-refractivity contribution in [3.63, 3.8) is 0 Å². The van der Waals surface area contributed by atoms with E-state index in [1.54, 1.807) is 0 Å². The molecule has 8 heteroatoms. The van der Waals surface area contributed by atoms with Crippen molar-refractivity contribution in [2.75, 3.05) is 13.1 Å². The molecule has 2 aromatic rings. The maximum Gasteiger partial charge on any atom is 0.282 e. The molecule has 0 radical (unpaired) electrons. The highest BCUT2D eigenvalue weighted by molar-refractivity contribution is 6.23. The number of amides is 3. The molecule has 3 amide bonds. The van der Waals surface area contributed by atoms with Crippen molar-refractivity contribution in [1.82, 2.24) is 10.2 Å². The Balaban J connectivity index is 1.56. The van der Waals surface area contributed by atoms with E-state index in [9.17, 15) is 24.5 Å². The first kappa shape index (κ1) is 18.2. The van der Waals surface area contributed by atoms with Crippen molar-refractivity contribution in [3.8, 4) is 0 Å². The molecule has 1 aliphatic rings. The van der Waals surface area contributed by atoms with Gasteiger partial charge >= 0.3 is 0 Å². The molecule has 0 bridgehead atoms. The number of rotatable bonds is 7. The second-order valence-corrected chi connectivity index (χ2v) is 6.05. The van der Waals surface area contributed by atoms with Crippen LogP contribution >= 0.6 is 0 Å². The van der Waals surface area contributed by atoms with Crippen LogP contribution in [0.4, 0.5) is 5.69 Å². The number of hydrogen-bond donors (Lipinski definition) is 1. The summed E-state index contributed by atoms with van der Waals surface area (Å²) in [5.41, 5.74) is 0.474. The van der Waals surface area contributed by atoms with Crippen molar-refractivity contribution >= 4 is 23.4 Å². The van der Waals surface area contributed by atoms with E-state index >= 15 is 0 Å². The molecule has 0 aliphatic carbocycles. The number of nitrogens with zero attached hydrogens (tertiary/aromatic N) is 2. The predicted octanol–water partition coefficient (Wildman–Crippen LogP) is 1.94. The largest absolute Gasteiger partial charge is 0.356 e. The summed E-state index contributed by atoms with van der Waals surface area (Å²) in [6, 6.07) is 13.6. The van der Waals surface area contributed by atoms with Crippen molar-refractivity contribution in [3.05, 3.63) is 75.3 Å². The van der Waals surface area contributed by atoms with Gasteiger partial charge in [-0.2, -0.15) is 0 Å². The van der Waals surface area contributed by atoms with Gasteiger partial charge in [-0.3, -0.25) is 29.4 Å². The number of nitro benzene ring substituents is 1. The monoisotopic (exact) mass is 367 g/mol. The van der Waals surface area contributed by atoms with Crippen LogP contribution < -0.4 is 5.32 Å². The molecular formula is C19H17N3O5. The smallest absolute Gasteiger partial charge is 0.282 e. The lowest BCUT2D eigenvalue weighted by atomic mass is 10.1. The second kappa shape index (κ2) is 7.77. The summed E-state index contributed by atoms with van der Waals surface area (Å²) in [6.45, 7) is 0.317. The molecule has 1 N–H and O–H groups in total. The van der Waals surface area contributed by atoms with Crippen LogP contribution in [0.2, 0.25) is 0 Å². The van der Waals surface area contributed by atoms with E-state index in [2.05, 4.69) is 5.32 Å². The lowest BCUT2D eigenvalue weighted by molar-refractivity contribution is -0.385. The van der Waals surface area contributed by atoms with Gasteiger partial charge in [0.15, 0.2) is 0 Å². The van der Waals surface area contributed by atoms with Gasteiger partial charge in [-0.25, -0.2) is 0 Å². The summed E-state index contributed by atoms with van der Waals surface area (Å²) in [5, 5.41) is 13.8. The fraction of sp³-hybridized carbons (Fsp3) is 0.211. The topological polar surface area (TPSA) is 110 Å². The van der Waals surface area contributed by atoms with Crippen LogP contribution in [0.25, 0.3) is 0 Å². The van der Waals surface area contributed by atoms with Gasteiger partial charge in [0.1, 0.15) is 5.56 Å². The average molecular weight is 367 g/mol. The molecule has 0 atom stereocenters. The zero-order valence-corrected chi connectivity index (χ0v) is 14.4. The average Bonchev–Trinajstić information content (AvgIpc) is 2.91. The first-order chi connectivity index (χ1) is 13.0. The Hall–Kier alpha value is -3.55. The molecule has 0 fully saturated rings. The zero-order valence-electron chi connectivity index (χ0n) is 14.4. The first-order valence-electron chi connectivity index (χ1n) is 8.43. The molecule has 0 spiro atoms. The van der Waals surface area contributed by atoms with Crippen LogP contribution in [-0.4, -0.2) is 40.6 Å². The van der Waals surface area contributed by atoms with Crippen LogP contribution in [0, 0.1) is 10.1 Å². The summed E-state index contributed by atoms with van der Waals surface area (Å²) in [4.78, 5) is 48.0. The van der Waals surface area contributed by atoms with E-state index in [1.807, 2.05) is 30.3 Å². The number of fused-ring (bicyclic) bond motifs is 1. The molecule has 1 heterocycles. The Morgan fingerprint density at radius 2 is 1.78 bits per heavy atom. The number of carbonyl (C=O) groups is 3. The molecule has 3 rings (SSSR count). The Labute approximate surface area is 154 Å². The molecule has 0 saturated carbocycles. The van der Waals surface area contributed by atoms with Crippen molar-refractivity contribution in [2.45, 2.75) is 12.8 Å². The van der Waals surface area contributed by atoms with E-state index in [1.165, 1.54) is 18.2 Å². The van der Waals surface area contributed by atoms with Crippen molar-refractivity contribution in [1.29, 1.82) is 0 Å². The minimum absolute atomic E-state index is 0.00122. The standard InChI is InChI=1S/C19H17N3O5/c23-16(20-11-9-13-5-2-1-3-6-13)10-12-21-18(24)14-7-4-8-15(22(26)27)17(14)19(21)25/h1-8H,9-12H2,(H,20,23). The Morgan fingerprint density at radius 3 is 2.48 bits per heavy atom. The highest BCUT2D eigenvalue weighted by Crippen LogP contribution is 2.30. The van der Waals surface area contributed by atoms with Crippen LogP contribution in [0.5, 0.6) is 0 Å². The molecule has 2 aromatic carbocycles. The van der Waals surface area contributed by atoms with E-state index in [-0.39, 0.29) is 30.0 Å². The fourth-order valence-electron chi connectivity index (χ4n) is 2.96. The SMILES string of the molecule is O=C(CCN1C(=O)c2cccc([N+](=O)[O-])c2C1=O)NCCc1ccccc1. The maximum atomic E-state index is 12.4. The summed E-state index contributed by atoms with van der Waals surface area (Å²) in [6.07, 6.45) is 0.611. The highest BCUT2D eigenvalue weighted by atomic mass is 16.6. The lowest BCUT2D eigenvalue weighted by Gasteiger charge is -2.13. The highest BCUT2D eigenvalue weighted by Gasteiger charge is 2.40. The van der Waals surface area contributed by atoms with E-state index in [4.69, 9.17) is 0 Å². The van der Waals surface area contributed by atoms with Crippen LogP contribution in [0.1, 0.15) is 32.7 Å². The van der Waals surface area contributed by atoms with Gasteiger partial charge in [0.25, 0.3) is 17.5 Å². The van der Waals surface area contributed by atoms with Crippen LogP contribution in [-0.2, 0) is 11.2 Å². The molecule has 0 saturated heterocycles. The molecule has 1 aliphatic heterocycles. The molecule has 27 heavy (non-hydrogen) atoms. The van der Waals surface area contributed by atoms with Gasteiger partial charge in [0, 0.05) is 25.6 Å². The number of nitro groups is 1. The first-order valence-corrected chi connectivity index (χ1v) is 8.43. The third-order valence-corrected chi connectivity index (χ3v) is 4.31. The summed E-state index contributed by atoms with van der Waals surface area (Å²) >= 11 is 0. The predicted molar refractivity (Wildman–Crippen MR) is 96.2 cm³/mol. The van der Waals surface area contributed by atoms with Crippen LogP contribution in [0.15, 0.2) is 48.5 Å². The van der Waals surface area contributed by atoms with Gasteiger partial charge < -0.3 is 5.32 Å². The Bertz CT molecular complexity index is 911. The quantitative estimate of drug-likeness (QED) is 0.457. The summed E-state index contributed by atoms with van der Waals surface area (Å²) in [5.74, 6) is -1.65. The molecular weight excluding hydrogens is 350 g/mol. The second-order valence-electron chi connectivity index (χ2n) is 6.05.